The van der Waals surface area contributed by atoms with Crippen molar-refractivity contribution in [1.29, 1.82) is 0 Å². The molecule has 3 nitrogen and oxygen atoms in total. The highest BCUT2D eigenvalue weighted by Crippen LogP contribution is 2.28. The summed E-state index contributed by atoms with van der Waals surface area (Å²) in [6.07, 6.45) is 0. The van der Waals surface area contributed by atoms with Crippen molar-refractivity contribution in [2.24, 2.45) is 0 Å². The van der Waals surface area contributed by atoms with Crippen molar-refractivity contribution in [2.45, 2.75) is 25.1 Å². The van der Waals surface area contributed by atoms with Gasteiger partial charge in [0.05, 0.1) is 16.5 Å². The summed E-state index contributed by atoms with van der Waals surface area (Å²) in [5, 5.41) is 5.42. The number of amides is 1. The van der Waals surface area contributed by atoms with Crippen LogP contribution in [0.1, 0.15) is 16.8 Å². The molecular weight excluding hydrogens is 312 g/mol. The number of carbonyl (C=O) groups is 1. The molecule has 1 N–H and O–H groups in total. The first-order valence-corrected chi connectivity index (χ1v) is 8.31. The van der Waals surface area contributed by atoms with E-state index < -0.39 is 0 Å². The molecule has 0 aliphatic rings. The van der Waals surface area contributed by atoms with Gasteiger partial charge in [-0.15, -0.1) is 11.3 Å². The fourth-order valence-corrected chi connectivity index (χ4v) is 3.79. The summed E-state index contributed by atoms with van der Waals surface area (Å²) < 4.78 is 0.907. The van der Waals surface area contributed by atoms with Gasteiger partial charge in [0, 0.05) is 11.1 Å². The van der Waals surface area contributed by atoms with Crippen molar-refractivity contribution in [3.05, 3.63) is 39.4 Å². The number of thioether (sulfide) groups is 1. The highest BCUT2D eigenvalue weighted by Gasteiger charge is 2.10. The summed E-state index contributed by atoms with van der Waals surface area (Å²) in [5.74, 6) is 0.257. The van der Waals surface area contributed by atoms with Gasteiger partial charge in [-0.05, 0) is 38.0 Å². The zero-order chi connectivity index (χ0) is 14.7. The van der Waals surface area contributed by atoms with E-state index in [-0.39, 0.29) is 5.91 Å². The fourth-order valence-electron chi connectivity index (χ4n) is 1.78. The Kier molecular flexibility index (Phi) is 5.07. The van der Waals surface area contributed by atoms with E-state index in [4.69, 9.17) is 11.6 Å². The Morgan fingerprint density at radius 1 is 1.40 bits per heavy atom. The Morgan fingerprint density at radius 2 is 2.15 bits per heavy atom. The van der Waals surface area contributed by atoms with Crippen LogP contribution in [0.4, 0.5) is 5.69 Å². The van der Waals surface area contributed by atoms with E-state index in [1.807, 2.05) is 38.3 Å². The molecule has 0 atom stereocenters. The van der Waals surface area contributed by atoms with Crippen molar-refractivity contribution in [3.63, 3.8) is 0 Å². The van der Waals surface area contributed by atoms with E-state index in [1.165, 1.54) is 11.8 Å². The largest absolute Gasteiger partial charge is 0.324 e. The zero-order valence-corrected chi connectivity index (χ0v) is 13.9. The van der Waals surface area contributed by atoms with Gasteiger partial charge in [0.2, 0.25) is 5.91 Å². The second kappa shape index (κ2) is 6.61. The minimum Gasteiger partial charge on any atom is -0.324 e. The molecule has 0 bridgehead atoms. The number of nitrogens with zero attached hydrogens (tertiary/aromatic N) is 1. The topological polar surface area (TPSA) is 42.0 Å². The number of rotatable bonds is 4. The molecule has 0 radical (unpaired) electrons. The molecule has 0 aliphatic carbocycles. The molecule has 0 unspecified atom stereocenters. The smallest absolute Gasteiger partial charge is 0.234 e. The number of hydrogen-bond donors (Lipinski definition) is 1. The lowest BCUT2D eigenvalue weighted by Crippen LogP contribution is -2.15. The molecule has 2 rings (SSSR count). The van der Waals surface area contributed by atoms with Crippen LogP contribution in [0.25, 0.3) is 0 Å². The Morgan fingerprint density at radius 3 is 2.75 bits per heavy atom. The molecule has 0 saturated carbocycles. The van der Waals surface area contributed by atoms with Gasteiger partial charge >= 0.3 is 0 Å². The van der Waals surface area contributed by atoms with Crippen LogP contribution in [0.5, 0.6) is 0 Å². The number of nitrogens with one attached hydrogen (secondary N) is 1. The van der Waals surface area contributed by atoms with Crippen LogP contribution in [-0.4, -0.2) is 16.6 Å². The maximum Gasteiger partial charge on any atom is 0.234 e. The van der Waals surface area contributed by atoms with Crippen LogP contribution in [0.3, 0.4) is 0 Å². The number of carbonyl (C=O) groups excluding carboxylic acids is 1. The van der Waals surface area contributed by atoms with E-state index in [9.17, 15) is 4.79 Å². The number of halogens is 1. The lowest BCUT2D eigenvalue weighted by molar-refractivity contribution is -0.113. The molecule has 0 aliphatic heterocycles. The van der Waals surface area contributed by atoms with Crippen molar-refractivity contribution in [3.8, 4) is 0 Å². The van der Waals surface area contributed by atoms with E-state index in [1.54, 1.807) is 11.3 Å². The maximum absolute atomic E-state index is 12.0. The van der Waals surface area contributed by atoms with Gasteiger partial charge in [0.25, 0.3) is 0 Å². The van der Waals surface area contributed by atoms with Gasteiger partial charge in [0.1, 0.15) is 0 Å². The third-order valence-electron chi connectivity index (χ3n) is 2.62. The van der Waals surface area contributed by atoms with Crippen molar-refractivity contribution in [1.82, 2.24) is 4.98 Å². The van der Waals surface area contributed by atoms with E-state index in [2.05, 4.69) is 10.3 Å². The molecule has 6 heteroatoms. The van der Waals surface area contributed by atoms with Crippen LogP contribution in [-0.2, 0) is 4.79 Å². The first-order valence-electron chi connectivity index (χ1n) is 6.07. The van der Waals surface area contributed by atoms with Gasteiger partial charge in [-0.3, -0.25) is 4.79 Å². The lowest BCUT2D eigenvalue weighted by Gasteiger charge is -2.11. The van der Waals surface area contributed by atoms with E-state index in [0.29, 0.717) is 16.5 Å². The minimum atomic E-state index is -0.0725. The van der Waals surface area contributed by atoms with Crippen LogP contribution < -0.4 is 5.32 Å². The molecule has 0 spiro atoms. The molecule has 20 heavy (non-hydrogen) atoms. The van der Waals surface area contributed by atoms with Gasteiger partial charge < -0.3 is 5.32 Å². The van der Waals surface area contributed by atoms with Crippen LogP contribution in [0, 0.1) is 20.8 Å². The average molecular weight is 327 g/mol. The van der Waals surface area contributed by atoms with Gasteiger partial charge in [-0.25, -0.2) is 4.98 Å². The summed E-state index contributed by atoms with van der Waals surface area (Å²) in [5.41, 5.74) is 3.73. The molecule has 2 aromatic rings. The van der Waals surface area contributed by atoms with Crippen molar-refractivity contribution >= 4 is 46.3 Å². The summed E-state index contributed by atoms with van der Waals surface area (Å²) in [4.78, 5) is 16.3. The number of thiazole rings is 1. The SMILES string of the molecule is Cc1cc(C)c(NC(=O)CSc2nc(C)cs2)c(Cl)c1. The zero-order valence-electron chi connectivity index (χ0n) is 11.5. The number of benzene rings is 1. The number of hydrogen-bond acceptors (Lipinski definition) is 4. The highest BCUT2D eigenvalue weighted by molar-refractivity contribution is 8.01. The first-order chi connectivity index (χ1) is 9.45. The quantitative estimate of drug-likeness (QED) is 0.844. The van der Waals surface area contributed by atoms with Crippen molar-refractivity contribution < 1.29 is 4.79 Å². The first kappa shape index (κ1) is 15.4. The second-order valence-corrected chi connectivity index (χ2v) is 7.02. The Hall–Kier alpha value is -1.04. The summed E-state index contributed by atoms with van der Waals surface area (Å²) >= 11 is 9.16. The molecule has 0 fully saturated rings. The number of aryl methyl sites for hydroxylation is 3. The number of anilines is 1. The van der Waals surface area contributed by atoms with Crippen LogP contribution >= 0.6 is 34.7 Å². The predicted molar refractivity (Wildman–Crippen MR) is 87.1 cm³/mol. The van der Waals surface area contributed by atoms with Gasteiger partial charge in [0.15, 0.2) is 4.34 Å². The normalized spacial score (nSPS) is 10.6. The summed E-state index contributed by atoms with van der Waals surface area (Å²) in [6, 6.07) is 3.85. The maximum atomic E-state index is 12.0. The molecule has 106 valence electrons. The molecule has 1 amide bonds. The molecule has 1 aromatic carbocycles. The van der Waals surface area contributed by atoms with E-state index in [0.717, 1.165) is 21.2 Å². The Balaban J connectivity index is 1.98. The van der Waals surface area contributed by atoms with Crippen LogP contribution in [0.15, 0.2) is 21.9 Å². The lowest BCUT2D eigenvalue weighted by atomic mass is 10.1. The second-order valence-electron chi connectivity index (χ2n) is 4.53. The highest BCUT2D eigenvalue weighted by atomic mass is 35.5. The van der Waals surface area contributed by atoms with E-state index >= 15 is 0 Å². The molecular formula is C14H15ClN2OS2. The summed E-state index contributed by atoms with van der Waals surface area (Å²) in [7, 11) is 0. The molecule has 1 heterocycles. The third kappa shape index (κ3) is 3.98. The molecule has 0 saturated heterocycles. The van der Waals surface area contributed by atoms with Crippen LogP contribution in [0.2, 0.25) is 5.02 Å². The van der Waals surface area contributed by atoms with Crippen molar-refractivity contribution in [2.75, 3.05) is 11.1 Å². The van der Waals surface area contributed by atoms with Gasteiger partial charge in [-0.1, -0.05) is 29.4 Å². The Bertz CT molecular complexity index is 617. The summed E-state index contributed by atoms with van der Waals surface area (Å²) in [6.45, 7) is 5.85. The minimum absolute atomic E-state index is 0.0725. The monoisotopic (exact) mass is 326 g/mol. The molecule has 1 aromatic heterocycles. The third-order valence-corrected chi connectivity index (χ3v) is 5.06. The standard InChI is InChI=1S/C14H15ClN2OS2/c1-8-4-9(2)13(11(15)5-8)17-12(18)7-20-14-16-10(3)6-19-14/h4-6H,7H2,1-3H3,(H,17,18). The van der Waals surface area contributed by atoms with Gasteiger partial charge in [-0.2, -0.15) is 0 Å². The average Bonchev–Trinajstić information content (AvgIpc) is 2.77. The Labute approximate surface area is 131 Å². The predicted octanol–water partition coefficient (Wildman–Crippen LogP) is 4.45. The number of aromatic nitrogens is 1. The fraction of sp³-hybridized carbons (Fsp3) is 0.286.